The molecule has 4 heterocycles. The standard InChI is InChI=1S/C13H28NO5PS.C10H19NO3S.2C9H20NO5PS.ClH.3Na.2H2O/c1-5-12-8-14(9-13(12)10-21(4,16)17)11-20(15,18-6-2)19-7-3;1-3-9-6-11(4-5-12)7-10(9)8-15(2,13)14;2*1-3-8-4-10(7-16(11,12)13)5-9(8)6-17(2,14)15;;;;;;/h12-13H,5-11H2,1-4H3;5,9-10H,3-4,6-8H2,1-2H3;2*8-9H,3-7H2,1-2H3,(H2,11,12,13);1H;;;;2*1H2/q;;;;;3*+1;;/p-2. The summed E-state index contributed by atoms with van der Waals surface area (Å²) < 4.78 is 135. The zero-order valence-corrected chi connectivity index (χ0v) is 60.1. The molecule has 13 unspecified atom stereocenters. The number of likely N-dealkylation sites (tertiary alicyclic amines) is 4. The molecule has 4 aliphatic rings. The van der Waals surface area contributed by atoms with Crippen molar-refractivity contribution in [2.45, 2.75) is 67.2 Å². The van der Waals surface area contributed by atoms with E-state index >= 15 is 0 Å². The zero-order chi connectivity index (χ0) is 54.1. The van der Waals surface area contributed by atoms with Gasteiger partial charge < -0.3 is 80.6 Å². The number of halogens is 1. The quantitative estimate of drug-likeness (QED) is 0.0340. The van der Waals surface area contributed by atoms with Crippen molar-refractivity contribution in [3.8, 4) is 0 Å². The molecule has 0 aromatic carbocycles. The van der Waals surface area contributed by atoms with Crippen LogP contribution in [-0.2, 0) is 66.9 Å². The van der Waals surface area contributed by atoms with Crippen LogP contribution in [-0.4, -0.2) is 205 Å². The Kier molecular flexibility index (Phi) is 48.8. The number of hydrogen-bond donors (Lipinski definition) is 5. The minimum atomic E-state index is -4.27. The van der Waals surface area contributed by atoms with Crippen molar-refractivity contribution in [2.24, 2.45) is 47.3 Å². The summed E-state index contributed by atoms with van der Waals surface area (Å²) in [5, 5.41) is 0. The van der Waals surface area contributed by atoms with Crippen LogP contribution in [0.15, 0.2) is 0 Å². The maximum atomic E-state index is 12.6. The molecular weight excluding hydrogens is 1190 g/mol. The number of nitrogens with one attached hydrogen (secondary N) is 3. The van der Waals surface area contributed by atoms with Crippen LogP contribution in [0, 0.1) is 47.3 Å². The Morgan fingerprint density at radius 1 is 0.500 bits per heavy atom. The van der Waals surface area contributed by atoms with Crippen molar-refractivity contribution >= 4 is 68.4 Å². The fraction of sp³-hybridized carbons (Fsp3) is 0.976. The number of carbonyl (C=O) groups excluding carboxylic acids is 1. The van der Waals surface area contributed by atoms with E-state index in [9.17, 15) is 61.9 Å². The van der Waals surface area contributed by atoms with Crippen LogP contribution in [0.1, 0.15) is 67.2 Å². The Bertz CT molecular complexity index is 2140. The van der Waals surface area contributed by atoms with Crippen LogP contribution in [0.4, 0.5) is 0 Å². The molecule has 4 aliphatic heterocycles. The third kappa shape index (κ3) is 40.3. The van der Waals surface area contributed by atoms with Crippen molar-refractivity contribution in [2.75, 3.05) is 139 Å². The molecule has 76 heavy (non-hydrogen) atoms. The van der Waals surface area contributed by atoms with Crippen LogP contribution in [0.2, 0.25) is 0 Å². The van der Waals surface area contributed by atoms with Gasteiger partial charge in [-0.15, -0.1) is 0 Å². The van der Waals surface area contributed by atoms with Gasteiger partial charge in [0.1, 0.15) is 58.2 Å². The predicted molar refractivity (Wildman–Crippen MR) is 272 cm³/mol. The van der Waals surface area contributed by atoms with Gasteiger partial charge in [0, 0.05) is 73.6 Å². The maximum Gasteiger partial charge on any atom is 1.00 e. The van der Waals surface area contributed by atoms with E-state index < -0.39 is 62.1 Å². The Balaban J connectivity index is -0.000000211. The van der Waals surface area contributed by atoms with Crippen LogP contribution in [0.3, 0.4) is 0 Å². The monoisotopic (exact) mass is 1280 g/mol. The van der Waals surface area contributed by atoms with E-state index in [1.807, 2.05) is 18.7 Å². The number of carbonyl (C=O) groups is 1. The van der Waals surface area contributed by atoms with Gasteiger partial charge >= 0.3 is 96.3 Å². The van der Waals surface area contributed by atoms with Crippen LogP contribution < -0.4 is 126 Å². The summed E-state index contributed by atoms with van der Waals surface area (Å²) in [6, 6.07) is 0. The number of quaternary nitrogens is 3. The van der Waals surface area contributed by atoms with E-state index in [0.29, 0.717) is 64.1 Å². The molecule has 0 aliphatic carbocycles. The van der Waals surface area contributed by atoms with Gasteiger partial charge in [-0.2, -0.15) is 0 Å². The summed E-state index contributed by atoms with van der Waals surface area (Å²) in [7, 11) is -23.6. The maximum absolute atomic E-state index is 12.6. The van der Waals surface area contributed by atoms with Gasteiger partial charge in [-0.1, -0.05) is 34.1 Å². The van der Waals surface area contributed by atoms with Gasteiger partial charge in [-0.3, -0.25) is 9.46 Å². The first-order valence-corrected chi connectivity index (χ1v) is 37.7. The largest absolute Gasteiger partial charge is 1.00 e. The first-order chi connectivity index (χ1) is 31.9. The summed E-state index contributed by atoms with van der Waals surface area (Å²) >= 11 is 0. The summed E-state index contributed by atoms with van der Waals surface area (Å²) in [4.78, 5) is 54.3. The molecule has 0 aromatic rings. The van der Waals surface area contributed by atoms with Crippen molar-refractivity contribution in [3.05, 3.63) is 0 Å². The molecule has 0 bridgehead atoms. The molecule has 0 saturated carbocycles. The van der Waals surface area contributed by atoms with E-state index in [1.165, 1.54) is 25.0 Å². The average molecular weight is 1280 g/mol. The molecule has 0 spiro atoms. The normalized spacial score (nSPS) is 28.1. The summed E-state index contributed by atoms with van der Waals surface area (Å²) in [5.41, 5.74) is 0. The molecule has 7 N–H and O–H groups in total. The second kappa shape index (κ2) is 41.1. The number of sulfone groups is 4. The number of rotatable bonds is 24. The molecule has 442 valence electrons. The van der Waals surface area contributed by atoms with E-state index in [2.05, 4.69) is 13.8 Å². The smallest absolute Gasteiger partial charge is 1.00 e. The second-order valence-electron chi connectivity index (χ2n) is 20.1. The van der Waals surface area contributed by atoms with Crippen LogP contribution in [0.5, 0.6) is 0 Å². The third-order valence-corrected chi connectivity index (χ3v) is 21.3. The van der Waals surface area contributed by atoms with Gasteiger partial charge in [-0.25, -0.2) is 33.7 Å². The molecule has 4 saturated heterocycles. The number of nitrogens with zero attached hydrogens (tertiary/aromatic N) is 1. The summed E-state index contributed by atoms with van der Waals surface area (Å²) in [6.07, 6.45) is 9.15. The topological polar surface area (TPSA) is 386 Å². The molecule has 35 heteroatoms. The van der Waals surface area contributed by atoms with Gasteiger partial charge in [0.25, 0.3) is 0 Å². The van der Waals surface area contributed by atoms with Crippen molar-refractivity contribution in [1.82, 2.24) is 4.90 Å². The summed E-state index contributed by atoms with van der Waals surface area (Å²) in [5.74, 6) is 2.19. The Labute approximate surface area is 528 Å². The minimum Gasteiger partial charge on any atom is -1.00 e. The average Bonchev–Trinajstić information content (AvgIpc) is 3.93. The molecular formula is C41H90ClN4Na3O20P3S4+. The van der Waals surface area contributed by atoms with Crippen molar-refractivity contribution in [3.63, 3.8) is 0 Å². The molecule has 0 amide bonds. The second-order valence-corrected chi connectivity index (χ2v) is 34.1. The predicted octanol–water partition coefficient (Wildman–Crippen LogP) is -15.2. The fourth-order valence-electron chi connectivity index (χ4n) is 10.7. The Morgan fingerprint density at radius 2 is 0.750 bits per heavy atom. The Hall–Kier alpha value is 2.97. The molecule has 13 atom stereocenters. The van der Waals surface area contributed by atoms with Gasteiger partial charge in [0.05, 0.1) is 82.0 Å². The van der Waals surface area contributed by atoms with Gasteiger partial charge in [0.2, 0.25) is 0 Å². The van der Waals surface area contributed by atoms with Gasteiger partial charge in [-0.05, 0) is 44.9 Å². The van der Waals surface area contributed by atoms with E-state index in [1.54, 1.807) is 13.8 Å². The zero-order valence-electron chi connectivity index (χ0n) is 47.4. The van der Waals surface area contributed by atoms with E-state index in [4.69, 9.17) is 18.8 Å². The van der Waals surface area contributed by atoms with E-state index in [-0.39, 0.29) is 183 Å². The van der Waals surface area contributed by atoms with E-state index in [0.717, 1.165) is 72.8 Å². The van der Waals surface area contributed by atoms with Crippen molar-refractivity contribution < 1.29 is 208 Å². The van der Waals surface area contributed by atoms with Gasteiger partial charge in [0.15, 0.2) is 21.5 Å². The molecule has 0 radical (unpaired) electrons. The van der Waals surface area contributed by atoms with Crippen molar-refractivity contribution in [1.29, 1.82) is 0 Å². The molecule has 4 rings (SSSR count). The summed E-state index contributed by atoms with van der Waals surface area (Å²) in [6.45, 7) is 18.2. The SMILES string of the molecule is CCC1CN(CC=O)CC1CS(C)(=O)=O.CCC1C[NH+](CP(=O)([O-])O)CC1CS(C)(=O)=O.CCC1C[NH+](CP(=O)([O-])O)CC1CS(C)(=O)=O.CCOP(=O)(C[NH+]1CC(CC)C(CS(C)(=O)=O)C1)OCC.[Cl-].[Na+].[Na+].[Na+].[OH-].[OH-]. The number of aldehydes is 1. The molecule has 24 nitrogen and oxygen atoms in total. The third-order valence-electron chi connectivity index (χ3n) is 13.4. The fourth-order valence-corrected chi connectivity index (χ4v) is 18.9. The number of hydrogen-bond acceptors (Lipinski definition) is 19. The van der Waals surface area contributed by atoms with Crippen LogP contribution >= 0.6 is 22.8 Å². The minimum absolute atomic E-state index is 0. The molecule has 0 aromatic heterocycles. The Morgan fingerprint density at radius 3 is 0.987 bits per heavy atom. The first-order valence-electron chi connectivity index (χ1n) is 24.2. The van der Waals surface area contributed by atoms with Crippen LogP contribution in [0.25, 0.3) is 0 Å². The first kappa shape index (κ1) is 90.2. The molecule has 4 fully saturated rings.